The van der Waals surface area contributed by atoms with E-state index in [1.54, 1.807) is 6.08 Å². The van der Waals surface area contributed by atoms with Gasteiger partial charge in [-0.1, -0.05) is 6.08 Å². The predicted molar refractivity (Wildman–Crippen MR) is 59.7 cm³/mol. The number of hydrogen-bond acceptors (Lipinski definition) is 3. The van der Waals surface area contributed by atoms with Crippen molar-refractivity contribution in [2.75, 3.05) is 26.2 Å². The van der Waals surface area contributed by atoms with Gasteiger partial charge in [0.25, 0.3) is 0 Å². The van der Waals surface area contributed by atoms with E-state index in [1.807, 2.05) is 18.7 Å². The number of carbonyl (C=O) groups is 1. The van der Waals surface area contributed by atoms with Crippen molar-refractivity contribution in [1.29, 1.82) is 0 Å². The fraction of sp³-hybridized carbons (Fsp3) is 0.727. The topological polar surface area (TPSA) is 41.6 Å². The molecular formula is C11H20N2O2. The van der Waals surface area contributed by atoms with Crippen LogP contribution >= 0.6 is 0 Å². The van der Waals surface area contributed by atoms with Crippen molar-refractivity contribution < 1.29 is 9.53 Å². The number of hydrogen-bond donors (Lipinski definition) is 1. The Morgan fingerprint density at radius 2 is 2.13 bits per heavy atom. The normalized spacial score (nSPS) is 26.4. The lowest BCUT2D eigenvalue weighted by atomic mass is 10.2. The number of carbonyl (C=O) groups excluding carboxylic acids is 1. The molecule has 86 valence electrons. The average Bonchev–Trinajstić information content (AvgIpc) is 2.16. The van der Waals surface area contributed by atoms with Crippen LogP contribution in [0.5, 0.6) is 0 Å². The molecule has 0 bridgehead atoms. The van der Waals surface area contributed by atoms with E-state index in [0.717, 1.165) is 0 Å². The number of morpholine rings is 1. The van der Waals surface area contributed by atoms with Crippen molar-refractivity contribution in [2.45, 2.75) is 26.1 Å². The molecule has 4 heteroatoms. The lowest BCUT2D eigenvalue weighted by Crippen LogP contribution is -2.50. The van der Waals surface area contributed by atoms with Crippen molar-refractivity contribution in [3.63, 3.8) is 0 Å². The second kappa shape index (κ2) is 5.88. The van der Waals surface area contributed by atoms with Crippen molar-refractivity contribution in [3.05, 3.63) is 12.7 Å². The van der Waals surface area contributed by atoms with E-state index in [0.29, 0.717) is 26.2 Å². The van der Waals surface area contributed by atoms with Crippen LogP contribution in [0, 0.1) is 0 Å². The van der Waals surface area contributed by atoms with Gasteiger partial charge in [0.15, 0.2) is 0 Å². The second-order valence-electron chi connectivity index (χ2n) is 3.98. The van der Waals surface area contributed by atoms with Gasteiger partial charge in [0.2, 0.25) is 5.91 Å². The van der Waals surface area contributed by atoms with E-state index < -0.39 is 0 Å². The smallest absolute Gasteiger partial charge is 0.236 e. The van der Waals surface area contributed by atoms with Crippen LogP contribution in [0.25, 0.3) is 0 Å². The summed E-state index contributed by atoms with van der Waals surface area (Å²) in [6.07, 6.45) is 2.02. The molecule has 1 fully saturated rings. The standard InChI is InChI=1S/C11H20N2O2/c1-4-5-12-6-11(14)13-7-9(2)15-10(3)8-13/h4,9-10,12H,1,5-8H2,2-3H3. The van der Waals surface area contributed by atoms with E-state index >= 15 is 0 Å². The van der Waals surface area contributed by atoms with Crippen LogP contribution < -0.4 is 5.32 Å². The van der Waals surface area contributed by atoms with Crippen LogP contribution in [0.15, 0.2) is 12.7 Å². The average molecular weight is 212 g/mol. The van der Waals surface area contributed by atoms with E-state index in [1.165, 1.54) is 0 Å². The van der Waals surface area contributed by atoms with Crippen LogP contribution in [0.3, 0.4) is 0 Å². The molecule has 1 N–H and O–H groups in total. The number of rotatable bonds is 4. The van der Waals surface area contributed by atoms with E-state index in [-0.39, 0.29) is 18.1 Å². The number of ether oxygens (including phenoxy) is 1. The maximum Gasteiger partial charge on any atom is 0.236 e. The molecular weight excluding hydrogens is 192 g/mol. The zero-order valence-corrected chi connectivity index (χ0v) is 9.53. The highest BCUT2D eigenvalue weighted by atomic mass is 16.5. The summed E-state index contributed by atoms with van der Waals surface area (Å²) in [7, 11) is 0. The third-order valence-electron chi connectivity index (χ3n) is 2.34. The molecule has 2 atom stereocenters. The fourth-order valence-electron chi connectivity index (χ4n) is 1.77. The highest BCUT2D eigenvalue weighted by Crippen LogP contribution is 2.10. The molecule has 0 aromatic carbocycles. The van der Waals surface area contributed by atoms with Gasteiger partial charge in [-0.15, -0.1) is 6.58 Å². The zero-order chi connectivity index (χ0) is 11.3. The van der Waals surface area contributed by atoms with Gasteiger partial charge in [0.05, 0.1) is 18.8 Å². The molecule has 1 rings (SSSR count). The summed E-state index contributed by atoms with van der Waals surface area (Å²) in [5, 5.41) is 3.01. The summed E-state index contributed by atoms with van der Waals surface area (Å²) >= 11 is 0. The molecule has 15 heavy (non-hydrogen) atoms. The molecule has 1 aliphatic heterocycles. The first kappa shape index (κ1) is 12.2. The van der Waals surface area contributed by atoms with Gasteiger partial charge in [-0.2, -0.15) is 0 Å². The molecule has 1 aliphatic rings. The Morgan fingerprint density at radius 1 is 1.53 bits per heavy atom. The highest BCUT2D eigenvalue weighted by molar-refractivity contribution is 5.78. The Balaban J connectivity index is 2.34. The van der Waals surface area contributed by atoms with Crippen LogP contribution in [0.1, 0.15) is 13.8 Å². The van der Waals surface area contributed by atoms with Crippen LogP contribution in [0.4, 0.5) is 0 Å². The summed E-state index contributed by atoms with van der Waals surface area (Å²) < 4.78 is 5.56. The first-order valence-corrected chi connectivity index (χ1v) is 5.38. The minimum Gasteiger partial charge on any atom is -0.372 e. The fourth-order valence-corrected chi connectivity index (χ4v) is 1.77. The molecule has 0 aromatic rings. The third-order valence-corrected chi connectivity index (χ3v) is 2.34. The lowest BCUT2D eigenvalue weighted by molar-refractivity contribution is -0.142. The summed E-state index contributed by atoms with van der Waals surface area (Å²) in [4.78, 5) is 13.6. The minimum atomic E-state index is 0.136. The molecule has 4 nitrogen and oxygen atoms in total. The molecule has 0 spiro atoms. The lowest BCUT2D eigenvalue weighted by Gasteiger charge is -2.35. The molecule has 0 aromatic heterocycles. The predicted octanol–water partition coefficient (Wildman–Crippen LogP) is 0.398. The Hall–Kier alpha value is -0.870. The van der Waals surface area contributed by atoms with Crippen molar-refractivity contribution in [1.82, 2.24) is 10.2 Å². The Morgan fingerprint density at radius 3 is 2.67 bits per heavy atom. The van der Waals surface area contributed by atoms with Gasteiger partial charge in [-0.25, -0.2) is 0 Å². The first-order chi connectivity index (χ1) is 7.13. The van der Waals surface area contributed by atoms with E-state index in [2.05, 4.69) is 11.9 Å². The van der Waals surface area contributed by atoms with E-state index in [9.17, 15) is 4.79 Å². The number of amides is 1. The molecule has 1 saturated heterocycles. The van der Waals surface area contributed by atoms with Gasteiger partial charge >= 0.3 is 0 Å². The molecule has 2 unspecified atom stereocenters. The summed E-state index contributed by atoms with van der Waals surface area (Å²) in [5.74, 6) is 0.138. The SMILES string of the molecule is C=CCNCC(=O)N1CC(C)OC(C)C1. The van der Waals surface area contributed by atoms with Gasteiger partial charge in [0, 0.05) is 19.6 Å². The van der Waals surface area contributed by atoms with Crippen LogP contribution in [-0.2, 0) is 9.53 Å². The third kappa shape index (κ3) is 4.01. The number of nitrogens with one attached hydrogen (secondary N) is 1. The van der Waals surface area contributed by atoms with Crippen molar-refractivity contribution in [3.8, 4) is 0 Å². The highest BCUT2D eigenvalue weighted by Gasteiger charge is 2.25. The van der Waals surface area contributed by atoms with Crippen molar-refractivity contribution in [2.24, 2.45) is 0 Å². The number of nitrogens with zero attached hydrogens (tertiary/aromatic N) is 1. The summed E-state index contributed by atoms with van der Waals surface area (Å²) in [5.41, 5.74) is 0. The zero-order valence-electron chi connectivity index (χ0n) is 9.53. The maximum absolute atomic E-state index is 11.7. The molecule has 0 radical (unpaired) electrons. The monoisotopic (exact) mass is 212 g/mol. The van der Waals surface area contributed by atoms with Crippen molar-refractivity contribution >= 4 is 5.91 Å². The quantitative estimate of drug-likeness (QED) is 0.541. The minimum absolute atomic E-state index is 0.136. The van der Waals surface area contributed by atoms with Gasteiger partial charge in [0.1, 0.15) is 0 Å². The van der Waals surface area contributed by atoms with Crippen LogP contribution in [0.2, 0.25) is 0 Å². The first-order valence-electron chi connectivity index (χ1n) is 5.38. The van der Waals surface area contributed by atoms with E-state index in [4.69, 9.17) is 4.74 Å². The molecule has 0 aliphatic carbocycles. The molecule has 1 amide bonds. The molecule has 1 heterocycles. The largest absolute Gasteiger partial charge is 0.372 e. The van der Waals surface area contributed by atoms with Crippen LogP contribution in [-0.4, -0.2) is 49.2 Å². The maximum atomic E-state index is 11.7. The molecule has 0 saturated carbocycles. The van der Waals surface area contributed by atoms with Gasteiger partial charge in [-0.05, 0) is 13.8 Å². The Kier molecular flexibility index (Phi) is 4.78. The summed E-state index contributed by atoms with van der Waals surface area (Å²) in [6, 6.07) is 0. The van der Waals surface area contributed by atoms with Gasteiger partial charge < -0.3 is 15.0 Å². The second-order valence-corrected chi connectivity index (χ2v) is 3.98. The Labute approximate surface area is 91.3 Å². The summed E-state index contributed by atoms with van der Waals surface area (Å²) in [6.45, 7) is 10.0. The van der Waals surface area contributed by atoms with Gasteiger partial charge in [-0.3, -0.25) is 4.79 Å². The Bertz CT molecular complexity index is 221.